The number of hydrogen-bond acceptors (Lipinski definition) is 6. The van der Waals surface area contributed by atoms with Gasteiger partial charge in [-0.2, -0.15) is 5.26 Å². The van der Waals surface area contributed by atoms with E-state index < -0.39 is 5.97 Å². The predicted molar refractivity (Wildman–Crippen MR) is 79.1 cm³/mol. The number of nitrogens with zero attached hydrogens (tertiary/aromatic N) is 4. The maximum absolute atomic E-state index is 10.9. The van der Waals surface area contributed by atoms with Crippen LogP contribution in [-0.2, 0) is 4.79 Å². The second-order valence-corrected chi connectivity index (χ2v) is 4.48. The van der Waals surface area contributed by atoms with Crippen molar-refractivity contribution in [3.63, 3.8) is 0 Å². The predicted octanol–water partition coefficient (Wildman–Crippen LogP) is 0.899. The lowest BCUT2D eigenvalue weighted by Crippen LogP contribution is -2.33. The summed E-state index contributed by atoms with van der Waals surface area (Å²) in [5.41, 5.74) is 1.85. The molecule has 22 heavy (non-hydrogen) atoms. The first kappa shape index (κ1) is 15.4. The van der Waals surface area contributed by atoms with Gasteiger partial charge in [-0.3, -0.25) is 9.78 Å². The first-order valence-corrected chi connectivity index (χ1v) is 6.54. The Balaban J connectivity index is 2.41. The smallest absolute Gasteiger partial charge is 0.323 e. The first-order chi connectivity index (χ1) is 10.7. The van der Waals surface area contributed by atoms with Crippen LogP contribution in [0.1, 0.15) is 5.56 Å². The maximum atomic E-state index is 10.9. The van der Waals surface area contributed by atoms with Crippen molar-refractivity contribution in [3.05, 3.63) is 42.4 Å². The summed E-state index contributed by atoms with van der Waals surface area (Å²) in [6.07, 6.45) is 4.84. The summed E-state index contributed by atoms with van der Waals surface area (Å²) in [6, 6.07) is 7.25. The molecule has 0 atom stereocenters. The van der Waals surface area contributed by atoms with Gasteiger partial charge in [0.05, 0.1) is 12.2 Å². The molecule has 112 valence electrons. The van der Waals surface area contributed by atoms with E-state index in [0.717, 1.165) is 11.1 Å². The third-order valence-corrected chi connectivity index (χ3v) is 3.00. The average molecular weight is 298 g/mol. The fourth-order valence-corrected chi connectivity index (χ4v) is 2.04. The van der Waals surface area contributed by atoms with Gasteiger partial charge in [0, 0.05) is 30.7 Å². The number of aromatic nitrogens is 2. The number of rotatable bonds is 6. The summed E-state index contributed by atoms with van der Waals surface area (Å²) < 4.78 is 0. The molecule has 0 aliphatic heterocycles. The number of carboxylic acid groups (broad SMARTS) is 1. The minimum atomic E-state index is -1.06. The number of anilines is 1. The molecule has 7 heteroatoms. The molecule has 2 aromatic heterocycles. The molecule has 2 rings (SSSR count). The molecule has 0 bridgehead atoms. The van der Waals surface area contributed by atoms with Crippen LogP contribution in [0.3, 0.4) is 0 Å². The summed E-state index contributed by atoms with van der Waals surface area (Å²) in [4.78, 5) is 20.4. The Morgan fingerprint density at radius 1 is 1.32 bits per heavy atom. The molecule has 0 aliphatic rings. The highest BCUT2D eigenvalue weighted by atomic mass is 16.4. The van der Waals surface area contributed by atoms with E-state index in [-0.39, 0.29) is 31.1 Å². The number of carbonyl (C=O) groups is 1. The Morgan fingerprint density at radius 3 is 2.64 bits per heavy atom. The number of nitriles is 1. The lowest BCUT2D eigenvalue weighted by Gasteiger charge is -2.21. The molecular formula is C15H14N4O3. The van der Waals surface area contributed by atoms with E-state index in [2.05, 4.69) is 9.97 Å². The monoisotopic (exact) mass is 298 g/mol. The van der Waals surface area contributed by atoms with Crippen LogP contribution in [0.2, 0.25) is 0 Å². The standard InChI is InChI=1S/C15H14N4O3/c16-8-12-7-13(11-1-3-17-4-2-11)9-18-15(12)19(5-6-20)10-14(21)22/h1-4,7,9,20H,5-6,10H2,(H,21,22). The molecule has 2 N–H and O–H groups in total. The van der Waals surface area contributed by atoms with Crippen molar-refractivity contribution in [1.82, 2.24) is 9.97 Å². The summed E-state index contributed by atoms with van der Waals surface area (Å²) in [7, 11) is 0. The maximum Gasteiger partial charge on any atom is 0.323 e. The van der Waals surface area contributed by atoms with Gasteiger partial charge in [0.25, 0.3) is 0 Å². The third-order valence-electron chi connectivity index (χ3n) is 3.00. The molecule has 2 heterocycles. The quantitative estimate of drug-likeness (QED) is 0.815. The van der Waals surface area contributed by atoms with Crippen LogP contribution in [0, 0.1) is 11.3 Å². The Bertz CT molecular complexity index is 698. The summed E-state index contributed by atoms with van der Waals surface area (Å²) in [5.74, 6) is -0.811. The van der Waals surface area contributed by atoms with Crippen molar-refractivity contribution in [2.75, 3.05) is 24.6 Å². The SMILES string of the molecule is N#Cc1cc(-c2ccncc2)cnc1N(CCO)CC(=O)O. The minimum absolute atomic E-state index is 0.0859. The van der Waals surface area contributed by atoms with Gasteiger partial charge in [0.15, 0.2) is 0 Å². The van der Waals surface area contributed by atoms with Crippen molar-refractivity contribution >= 4 is 11.8 Å². The zero-order valence-electron chi connectivity index (χ0n) is 11.7. The minimum Gasteiger partial charge on any atom is -0.480 e. The second kappa shape index (κ2) is 7.15. The molecule has 2 aromatic rings. The van der Waals surface area contributed by atoms with Crippen molar-refractivity contribution in [2.45, 2.75) is 0 Å². The largest absolute Gasteiger partial charge is 0.480 e. The molecule has 0 saturated heterocycles. The van der Waals surface area contributed by atoms with E-state index in [1.165, 1.54) is 4.90 Å². The fraction of sp³-hybridized carbons (Fsp3) is 0.200. The van der Waals surface area contributed by atoms with Gasteiger partial charge in [-0.1, -0.05) is 0 Å². The molecule has 7 nitrogen and oxygen atoms in total. The second-order valence-electron chi connectivity index (χ2n) is 4.48. The lowest BCUT2D eigenvalue weighted by molar-refractivity contribution is -0.135. The van der Waals surface area contributed by atoms with Crippen LogP contribution >= 0.6 is 0 Å². The topological polar surface area (TPSA) is 110 Å². The van der Waals surface area contributed by atoms with E-state index in [4.69, 9.17) is 10.2 Å². The fourth-order valence-electron chi connectivity index (χ4n) is 2.04. The Hall–Kier alpha value is -2.98. The normalized spacial score (nSPS) is 10.0. The van der Waals surface area contributed by atoms with Gasteiger partial charge in [-0.25, -0.2) is 4.98 Å². The molecule has 0 aliphatic carbocycles. The zero-order valence-corrected chi connectivity index (χ0v) is 11.7. The van der Waals surface area contributed by atoms with Crippen LogP contribution in [0.4, 0.5) is 5.82 Å². The molecule has 0 saturated carbocycles. The molecule has 0 unspecified atom stereocenters. The number of hydrogen-bond donors (Lipinski definition) is 2. The Labute approximate surface area is 127 Å². The number of pyridine rings is 2. The van der Waals surface area contributed by atoms with Gasteiger partial charge < -0.3 is 15.1 Å². The van der Waals surface area contributed by atoms with Gasteiger partial charge >= 0.3 is 5.97 Å². The molecule has 0 fully saturated rings. The van der Waals surface area contributed by atoms with Crippen LogP contribution in [0.15, 0.2) is 36.8 Å². The van der Waals surface area contributed by atoms with E-state index in [0.29, 0.717) is 0 Å². The Morgan fingerprint density at radius 2 is 2.05 bits per heavy atom. The molecule has 0 amide bonds. The van der Waals surface area contributed by atoms with Crippen molar-refractivity contribution in [1.29, 1.82) is 5.26 Å². The number of carboxylic acids is 1. The third kappa shape index (κ3) is 3.56. The molecule has 0 radical (unpaired) electrons. The van der Waals surface area contributed by atoms with E-state index in [9.17, 15) is 10.1 Å². The highest BCUT2D eigenvalue weighted by Gasteiger charge is 2.16. The van der Waals surface area contributed by atoms with Gasteiger partial charge in [-0.15, -0.1) is 0 Å². The highest BCUT2D eigenvalue weighted by molar-refractivity contribution is 5.75. The summed E-state index contributed by atoms with van der Waals surface area (Å²) in [5, 5.41) is 27.3. The van der Waals surface area contributed by atoms with Gasteiger partial charge in [0.2, 0.25) is 0 Å². The number of aliphatic hydroxyl groups is 1. The van der Waals surface area contributed by atoms with Crippen LogP contribution in [0.5, 0.6) is 0 Å². The van der Waals surface area contributed by atoms with Crippen LogP contribution < -0.4 is 4.90 Å². The molecule has 0 aromatic carbocycles. The zero-order chi connectivity index (χ0) is 15.9. The molecular weight excluding hydrogens is 284 g/mol. The summed E-state index contributed by atoms with van der Waals surface area (Å²) >= 11 is 0. The van der Waals surface area contributed by atoms with Crippen molar-refractivity contribution in [3.8, 4) is 17.2 Å². The van der Waals surface area contributed by atoms with Crippen molar-refractivity contribution in [2.24, 2.45) is 0 Å². The van der Waals surface area contributed by atoms with Gasteiger partial charge in [-0.05, 0) is 23.8 Å². The van der Waals surface area contributed by atoms with Gasteiger partial charge in [0.1, 0.15) is 18.4 Å². The molecule has 0 spiro atoms. The number of aliphatic carboxylic acids is 1. The van der Waals surface area contributed by atoms with E-state index in [1.807, 2.05) is 6.07 Å². The highest BCUT2D eigenvalue weighted by Crippen LogP contribution is 2.24. The van der Waals surface area contributed by atoms with Crippen LogP contribution in [0.25, 0.3) is 11.1 Å². The van der Waals surface area contributed by atoms with E-state index in [1.54, 1.807) is 36.8 Å². The van der Waals surface area contributed by atoms with Crippen molar-refractivity contribution < 1.29 is 15.0 Å². The Kier molecular flexibility index (Phi) is 5.01. The summed E-state index contributed by atoms with van der Waals surface area (Å²) in [6.45, 7) is -0.481. The first-order valence-electron chi connectivity index (χ1n) is 6.54. The average Bonchev–Trinajstić information content (AvgIpc) is 2.54. The van der Waals surface area contributed by atoms with Crippen LogP contribution in [-0.4, -0.2) is 45.8 Å². The number of aliphatic hydroxyl groups excluding tert-OH is 1. The lowest BCUT2D eigenvalue weighted by atomic mass is 10.1. The van der Waals surface area contributed by atoms with E-state index >= 15 is 0 Å².